The first-order valence-corrected chi connectivity index (χ1v) is 10.3. The lowest BCUT2D eigenvalue weighted by Crippen LogP contribution is -2.41. The van der Waals surface area contributed by atoms with Crippen LogP contribution in [0.5, 0.6) is 0 Å². The molecule has 7 nitrogen and oxygen atoms in total. The zero-order valence-corrected chi connectivity index (χ0v) is 17.9. The van der Waals surface area contributed by atoms with Gasteiger partial charge in [-0.05, 0) is 38.0 Å². The zero-order chi connectivity index (χ0) is 21.8. The number of aromatic nitrogens is 3. The highest BCUT2D eigenvalue weighted by Gasteiger charge is 2.27. The van der Waals surface area contributed by atoms with Gasteiger partial charge >= 0.3 is 6.09 Å². The number of nitrogens with one attached hydrogen (secondary N) is 2. The molecule has 4 rings (SSSR count). The van der Waals surface area contributed by atoms with Crippen molar-refractivity contribution >= 4 is 17.0 Å². The van der Waals surface area contributed by atoms with Crippen LogP contribution in [0.3, 0.4) is 0 Å². The normalized spacial score (nSPS) is 12.6. The van der Waals surface area contributed by atoms with Gasteiger partial charge in [0.25, 0.3) is 5.89 Å². The topological polar surface area (TPSA) is 93.0 Å². The summed E-state index contributed by atoms with van der Waals surface area (Å²) in [4.78, 5) is 20.3. The molecular formula is C24H26N4O3. The minimum atomic E-state index is -0.710. The van der Waals surface area contributed by atoms with Gasteiger partial charge in [-0.2, -0.15) is 4.98 Å². The lowest BCUT2D eigenvalue weighted by atomic mass is 10.1. The number of amides is 1. The van der Waals surface area contributed by atoms with Gasteiger partial charge in [0.2, 0.25) is 0 Å². The summed E-state index contributed by atoms with van der Waals surface area (Å²) in [7, 11) is 0. The lowest BCUT2D eigenvalue weighted by Gasteiger charge is -2.22. The molecule has 0 radical (unpaired) electrons. The Kier molecular flexibility index (Phi) is 5.75. The highest BCUT2D eigenvalue weighted by Crippen LogP contribution is 2.27. The number of ether oxygens (including phenoxy) is 1. The summed E-state index contributed by atoms with van der Waals surface area (Å²) in [5.74, 6) is 0.824. The predicted octanol–water partition coefficient (Wildman–Crippen LogP) is 4.95. The minimum Gasteiger partial charge on any atom is -0.436 e. The number of rotatable bonds is 6. The van der Waals surface area contributed by atoms with E-state index in [4.69, 9.17) is 9.26 Å². The second-order valence-corrected chi connectivity index (χ2v) is 8.54. The maximum atomic E-state index is 12.5. The Hall–Kier alpha value is -3.61. The Morgan fingerprint density at radius 2 is 1.87 bits per heavy atom. The van der Waals surface area contributed by atoms with Gasteiger partial charge in [-0.1, -0.05) is 53.7 Å². The van der Waals surface area contributed by atoms with Crippen LogP contribution in [0.2, 0.25) is 0 Å². The smallest absolute Gasteiger partial charge is 0.408 e. The van der Waals surface area contributed by atoms with Crippen LogP contribution in [0.4, 0.5) is 4.79 Å². The predicted molar refractivity (Wildman–Crippen MR) is 118 cm³/mol. The van der Waals surface area contributed by atoms with Gasteiger partial charge in [-0.3, -0.25) is 0 Å². The van der Waals surface area contributed by atoms with Crippen LogP contribution in [0.1, 0.15) is 49.7 Å². The molecule has 160 valence electrons. The van der Waals surface area contributed by atoms with Crippen molar-refractivity contribution in [2.24, 2.45) is 0 Å². The van der Waals surface area contributed by atoms with Crippen LogP contribution >= 0.6 is 0 Å². The number of H-pyrrole nitrogens is 1. The molecular weight excluding hydrogens is 392 g/mol. The summed E-state index contributed by atoms with van der Waals surface area (Å²) >= 11 is 0. The summed E-state index contributed by atoms with van der Waals surface area (Å²) < 4.78 is 11.3. The number of hydrogen-bond donors (Lipinski definition) is 2. The number of nitrogens with zero attached hydrogens (tertiary/aromatic N) is 2. The quantitative estimate of drug-likeness (QED) is 0.462. The van der Waals surface area contributed by atoms with Crippen LogP contribution < -0.4 is 5.32 Å². The zero-order valence-electron chi connectivity index (χ0n) is 17.9. The second kappa shape index (κ2) is 8.63. The molecule has 0 aliphatic carbocycles. The van der Waals surface area contributed by atoms with E-state index in [0.29, 0.717) is 18.7 Å². The Balaban J connectivity index is 1.58. The fraction of sp³-hybridized carbons (Fsp3) is 0.292. The first kappa shape index (κ1) is 20.7. The third kappa shape index (κ3) is 5.31. The van der Waals surface area contributed by atoms with E-state index < -0.39 is 17.7 Å². The third-order valence-corrected chi connectivity index (χ3v) is 4.77. The average molecular weight is 418 g/mol. The molecule has 0 saturated heterocycles. The molecule has 31 heavy (non-hydrogen) atoms. The number of carbonyl (C=O) groups is 1. The Morgan fingerprint density at radius 3 is 2.65 bits per heavy atom. The van der Waals surface area contributed by atoms with Crippen molar-refractivity contribution in [2.45, 2.75) is 45.3 Å². The summed E-state index contributed by atoms with van der Waals surface area (Å²) in [5.41, 5.74) is 2.68. The van der Waals surface area contributed by atoms with Crippen molar-refractivity contribution in [3.63, 3.8) is 0 Å². The number of hydrogen-bond acceptors (Lipinski definition) is 5. The number of aromatic amines is 1. The number of fused-ring (bicyclic) bond motifs is 1. The van der Waals surface area contributed by atoms with Gasteiger partial charge in [-0.25, -0.2) is 4.79 Å². The van der Waals surface area contributed by atoms with Gasteiger partial charge in [0, 0.05) is 35.5 Å². The van der Waals surface area contributed by atoms with E-state index in [9.17, 15) is 4.79 Å². The van der Waals surface area contributed by atoms with E-state index in [1.165, 1.54) is 0 Å². The molecule has 0 saturated carbocycles. The maximum Gasteiger partial charge on any atom is 0.408 e. The van der Waals surface area contributed by atoms with Gasteiger partial charge in [0.05, 0.1) is 0 Å². The fourth-order valence-electron chi connectivity index (χ4n) is 3.39. The van der Waals surface area contributed by atoms with Crippen LogP contribution in [0.15, 0.2) is 65.3 Å². The Morgan fingerprint density at radius 1 is 1.13 bits per heavy atom. The van der Waals surface area contributed by atoms with Crippen LogP contribution in [-0.4, -0.2) is 26.8 Å². The van der Waals surface area contributed by atoms with Crippen molar-refractivity contribution in [3.8, 4) is 0 Å². The van der Waals surface area contributed by atoms with Crippen molar-refractivity contribution in [3.05, 3.63) is 83.6 Å². The average Bonchev–Trinajstić information content (AvgIpc) is 3.34. The van der Waals surface area contributed by atoms with E-state index in [1.807, 2.05) is 81.6 Å². The van der Waals surface area contributed by atoms with Crippen molar-refractivity contribution in [2.75, 3.05) is 0 Å². The number of carbonyl (C=O) groups excluding carboxylic acids is 1. The maximum absolute atomic E-state index is 12.5. The third-order valence-electron chi connectivity index (χ3n) is 4.77. The molecule has 0 bridgehead atoms. The fourth-order valence-corrected chi connectivity index (χ4v) is 3.39. The van der Waals surface area contributed by atoms with Crippen molar-refractivity contribution in [1.82, 2.24) is 20.4 Å². The van der Waals surface area contributed by atoms with Crippen molar-refractivity contribution < 1.29 is 14.1 Å². The summed E-state index contributed by atoms with van der Waals surface area (Å²) in [6.07, 6.45) is 1.63. The number of benzene rings is 2. The molecule has 1 atom stereocenters. The van der Waals surface area contributed by atoms with Crippen LogP contribution in [-0.2, 0) is 17.6 Å². The number of alkyl carbamates (subject to hydrolysis) is 1. The molecule has 2 aromatic carbocycles. The molecule has 1 amide bonds. The SMILES string of the molecule is CC(C)(C)NC(=O)O[C@@H](Cc1c[nH]c2ccccc12)c1nc(Cc2ccccc2)no1. The second-order valence-electron chi connectivity index (χ2n) is 8.54. The highest BCUT2D eigenvalue weighted by molar-refractivity contribution is 5.83. The standard InChI is InChI=1S/C24H26N4O3/c1-24(2,3)27-23(29)30-20(14-17-15-25-19-12-8-7-11-18(17)19)22-26-21(28-31-22)13-16-9-5-4-6-10-16/h4-12,15,20,25H,13-14H2,1-3H3,(H,27,29)/t20-/m0/s1. The van der Waals surface area contributed by atoms with E-state index in [1.54, 1.807) is 0 Å². The highest BCUT2D eigenvalue weighted by atomic mass is 16.6. The monoisotopic (exact) mass is 418 g/mol. The van der Waals surface area contributed by atoms with Crippen LogP contribution in [0, 0.1) is 0 Å². The Bertz CT molecular complexity index is 1160. The largest absolute Gasteiger partial charge is 0.436 e. The van der Waals surface area contributed by atoms with Gasteiger partial charge in [0.15, 0.2) is 11.9 Å². The molecule has 4 aromatic rings. The number of para-hydroxylation sites is 1. The van der Waals surface area contributed by atoms with E-state index >= 15 is 0 Å². The molecule has 7 heteroatoms. The molecule has 2 heterocycles. The summed E-state index contributed by atoms with van der Waals surface area (Å²) in [5, 5.41) is 7.99. The minimum absolute atomic E-state index is 0.278. The first-order chi connectivity index (χ1) is 14.9. The van der Waals surface area contributed by atoms with E-state index in [-0.39, 0.29) is 5.89 Å². The van der Waals surface area contributed by atoms with Gasteiger partial charge in [0.1, 0.15) is 0 Å². The lowest BCUT2D eigenvalue weighted by molar-refractivity contribution is 0.0722. The van der Waals surface area contributed by atoms with Crippen LogP contribution in [0.25, 0.3) is 10.9 Å². The molecule has 0 unspecified atom stereocenters. The molecule has 0 fully saturated rings. The summed E-state index contributed by atoms with van der Waals surface area (Å²) in [6, 6.07) is 17.9. The van der Waals surface area contributed by atoms with E-state index in [2.05, 4.69) is 20.4 Å². The Labute approximate surface area is 180 Å². The molecule has 2 N–H and O–H groups in total. The molecule has 0 aliphatic rings. The van der Waals surface area contributed by atoms with Crippen molar-refractivity contribution in [1.29, 1.82) is 0 Å². The molecule has 0 aliphatic heterocycles. The molecule has 2 aromatic heterocycles. The van der Waals surface area contributed by atoms with Gasteiger partial charge < -0.3 is 19.6 Å². The summed E-state index contributed by atoms with van der Waals surface area (Å²) in [6.45, 7) is 5.69. The molecule has 0 spiro atoms. The van der Waals surface area contributed by atoms with E-state index in [0.717, 1.165) is 22.0 Å². The first-order valence-electron chi connectivity index (χ1n) is 10.3. The van der Waals surface area contributed by atoms with Gasteiger partial charge in [-0.15, -0.1) is 0 Å².